The molecule has 0 aliphatic carbocycles. The van der Waals surface area contributed by atoms with Gasteiger partial charge >= 0.3 is 6.03 Å². The van der Waals surface area contributed by atoms with Gasteiger partial charge in [0, 0.05) is 20.3 Å². The summed E-state index contributed by atoms with van der Waals surface area (Å²) in [6, 6.07) is 14.9. The summed E-state index contributed by atoms with van der Waals surface area (Å²) in [6.07, 6.45) is 0. The number of anilines is 4. The molecule has 0 heterocycles. The molecule has 10 heteroatoms. The molecule has 4 N–H and O–H groups in total. The molecule has 6 nitrogen and oxygen atoms in total. The molecular weight excluding hydrogens is 539 g/mol. The van der Waals surface area contributed by atoms with Crippen LogP contribution in [0, 0.1) is 5.82 Å². The van der Waals surface area contributed by atoms with Gasteiger partial charge in [-0.05, 0) is 80.4 Å². The van der Waals surface area contributed by atoms with Gasteiger partial charge in [0.15, 0.2) is 0 Å². The molecule has 0 aliphatic rings. The number of hydrogen-bond donors (Lipinski definition) is 4. The highest BCUT2D eigenvalue weighted by Gasteiger charge is 2.15. The summed E-state index contributed by atoms with van der Waals surface area (Å²) in [7, 11) is 0. The first-order valence-corrected chi connectivity index (χ1v) is 10.5. The minimum Gasteiger partial charge on any atom is -0.397 e. The molecular formula is C20H15Br2FN4O2S. The molecule has 0 spiro atoms. The van der Waals surface area contributed by atoms with Gasteiger partial charge in [0.05, 0.1) is 16.9 Å². The SMILES string of the molecule is Nc1c(Br)cc(NC(=O)N(S)c2ccc(NC(=O)c3ccccc3F)cc2)cc1Br. The van der Waals surface area contributed by atoms with Crippen molar-refractivity contribution in [2.75, 3.05) is 20.7 Å². The van der Waals surface area contributed by atoms with E-state index in [2.05, 4.69) is 55.3 Å². The fraction of sp³-hybridized carbons (Fsp3) is 0. The van der Waals surface area contributed by atoms with Crippen molar-refractivity contribution < 1.29 is 14.0 Å². The smallest absolute Gasteiger partial charge is 0.336 e. The fourth-order valence-corrected chi connectivity index (χ4v) is 3.85. The van der Waals surface area contributed by atoms with E-state index in [0.29, 0.717) is 31.7 Å². The number of nitrogen functional groups attached to an aromatic ring is 1. The number of carbonyl (C=O) groups is 2. The first-order chi connectivity index (χ1) is 14.3. The van der Waals surface area contributed by atoms with Crippen molar-refractivity contribution in [1.29, 1.82) is 0 Å². The first kappa shape index (κ1) is 22.1. The van der Waals surface area contributed by atoms with Crippen LogP contribution in [0.2, 0.25) is 0 Å². The zero-order valence-electron chi connectivity index (χ0n) is 15.2. The third-order valence-corrected chi connectivity index (χ3v) is 5.74. The Morgan fingerprint density at radius 2 is 1.53 bits per heavy atom. The highest BCUT2D eigenvalue weighted by molar-refractivity contribution is 9.11. The van der Waals surface area contributed by atoms with Crippen molar-refractivity contribution in [3.63, 3.8) is 0 Å². The van der Waals surface area contributed by atoms with Crippen molar-refractivity contribution in [1.82, 2.24) is 0 Å². The summed E-state index contributed by atoms with van der Waals surface area (Å²) in [5, 5.41) is 5.31. The van der Waals surface area contributed by atoms with Crippen LogP contribution < -0.4 is 20.7 Å². The third kappa shape index (κ3) is 5.13. The van der Waals surface area contributed by atoms with E-state index in [1.165, 1.54) is 18.2 Å². The predicted octanol–water partition coefficient (Wildman–Crippen LogP) is 6.07. The van der Waals surface area contributed by atoms with Gasteiger partial charge in [-0.1, -0.05) is 24.9 Å². The second-order valence-corrected chi connectivity index (χ2v) is 8.19. The number of benzene rings is 3. The molecule has 0 saturated carbocycles. The van der Waals surface area contributed by atoms with E-state index in [9.17, 15) is 14.0 Å². The number of carbonyl (C=O) groups excluding carboxylic acids is 2. The number of amides is 3. The van der Waals surface area contributed by atoms with Crippen LogP contribution in [0.3, 0.4) is 0 Å². The lowest BCUT2D eigenvalue weighted by Gasteiger charge is -2.18. The molecule has 3 aromatic rings. The van der Waals surface area contributed by atoms with Gasteiger partial charge in [0.25, 0.3) is 5.91 Å². The van der Waals surface area contributed by atoms with Gasteiger partial charge in [-0.25, -0.2) is 13.5 Å². The van der Waals surface area contributed by atoms with Gasteiger partial charge in [-0.2, -0.15) is 0 Å². The van der Waals surface area contributed by atoms with Crippen LogP contribution in [0.15, 0.2) is 69.6 Å². The highest BCUT2D eigenvalue weighted by atomic mass is 79.9. The Hall–Kier alpha value is -2.56. The minimum atomic E-state index is -0.606. The molecule has 3 amide bonds. The molecule has 3 aromatic carbocycles. The molecule has 0 atom stereocenters. The quantitative estimate of drug-likeness (QED) is 0.233. The van der Waals surface area contributed by atoms with Crippen LogP contribution in [0.5, 0.6) is 0 Å². The van der Waals surface area contributed by atoms with Gasteiger partial charge in [0.1, 0.15) is 5.82 Å². The standard InChI is InChI=1S/C20H15Br2FN4O2S/c21-15-9-12(10-16(22)18(15)24)26-20(29)27(30)13-7-5-11(6-8-13)25-19(28)14-3-1-2-4-17(14)23/h1-10,30H,24H2,(H,25,28)(H,26,29). The topological polar surface area (TPSA) is 87.5 Å². The van der Waals surface area contributed by atoms with Crippen LogP contribution >= 0.6 is 44.7 Å². The van der Waals surface area contributed by atoms with E-state index in [1.54, 1.807) is 42.5 Å². The van der Waals surface area contributed by atoms with Crippen LogP contribution in [-0.2, 0) is 0 Å². The molecule has 154 valence electrons. The number of halogens is 3. The molecule has 3 rings (SSSR count). The minimum absolute atomic E-state index is 0.0578. The highest BCUT2D eigenvalue weighted by Crippen LogP contribution is 2.32. The third-order valence-electron chi connectivity index (χ3n) is 4.01. The molecule has 0 saturated heterocycles. The molecule has 0 bridgehead atoms. The van der Waals surface area contributed by atoms with E-state index >= 15 is 0 Å². The normalized spacial score (nSPS) is 10.4. The maximum absolute atomic E-state index is 13.7. The predicted molar refractivity (Wildman–Crippen MR) is 128 cm³/mol. The van der Waals surface area contributed by atoms with Crippen molar-refractivity contribution in [3.05, 3.63) is 81.0 Å². The number of hydrogen-bond acceptors (Lipinski definition) is 4. The van der Waals surface area contributed by atoms with Crippen molar-refractivity contribution in [2.24, 2.45) is 0 Å². The number of urea groups is 1. The van der Waals surface area contributed by atoms with E-state index in [1.807, 2.05) is 0 Å². The first-order valence-electron chi connectivity index (χ1n) is 8.46. The summed E-state index contributed by atoms with van der Waals surface area (Å²) in [5.74, 6) is -1.17. The number of nitrogens with two attached hydrogens (primary N) is 1. The van der Waals surface area contributed by atoms with Crippen LogP contribution in [0.4, 0.5) is 31.9 Å². The monoisotopic (exact) mass is 552 g/mol. The van der Waals surface area contributed by atoms with Gasteiger partial charge in [-0.3, -0.25) is 4.79 Å². The second kappa shape index (κ2) is 9.50. The number of thiol groups is 1. The van der Waals surface area contributed by atoms with Crippen LogP contribution in [0.1, 0.15) is 10.4 Å². The molecule has 0 fully saturated rings. The number of nitrogens with zero attached hydrogens (tertiary/aromatic N) is 1. The molecule has 0 aliphatic heterocycles. The summed E-state index contributed by atoms with van der Waals surface area (Å²) in [5.41, 5.74) is 7.73. The summed E-state index contributed by atoms with van der Waals surface area (Å²) in [4.78, 5) is 24.7. The Labute approximate surface area is 194 Å². The lowest BCUT2D eigenvalue weighted by atomic mass is 10.2. The van der Waals surface area contributed by atoms with Crippen molar-refractivity contribution >= 4 is 79.4 Å². The van der Waals surface area contributed by atoms with Crippen molar-refractivity contribution in [3.8, 4) is 0 Å². The Balaban J connectivity index is 1.67. The Morgan fingerprint density at radius 3 is 2.13 bits per heavy atom. The van der Waals surface area contributed by atoms with E-state index in [-0.39, 0.29) is 5.56 Å². The van der Waals surface area contributed by atoms with Crippen molar-refractivity contribution in [2.45, 2.75) is 0 Å². The van der Waals surface area contributed by atoms with Gasteiger partial charge < -0.3 is 16.4 Å². The fourth-order valence-electron chi connectivity index (χ4n) is 2.48. The Kier molecular flexibility index (Phi) is 7.01. The molecule has 0 unspecified atom stereocenters. The van der Waals surface area contributed by atoms with Gasteiger partial charge in [-0.15, -0.1) is 0 Å². The van der Waals surface area contributed by atoms with E-state index in [0.717, 1.165) is 4.31 Å². The zero-order valence-corrected chi connectivity index (χ0v) is 19.3. The zero-order chi connectivity index (χ0) is 21.8. The average Bonchev–Trinajstić information content (AvgIpc) is 2.72. The van der Waals surface area contributed by atoms with E-state index < -0.39 is 17.8 Å². The van der Waals surface area contributed by atoms with Gasteiger partial charge in [0.2, 0.25) is 0 Å². The Morgan fingerprint density at radius 1 is 0.933 bits per heavy atom. The Bertz CT molecular complexity index is 1090. The lowest BCUT2D eigenvalue weighted by Crippen LogP contribution is -2.26. The second-order valence-electron chi connectivity index (χ2n) is 6.08. The maximum Gasteiger partial charge on any atom is 0.336 e. The number of nitrogens with one attached hydrogen (secondary N) is 2. The largest absolute Gasteiger partial charge is 0.397 e. The summed E-state index contributed by atoms with van der Waals surface area (Å²) in [6.45, 7) is 0. The van der Waals surface area contributed by atoms with E-state index in [4.69, 9.17) is 5.73 Å². The molecule has 0 radical (unpaired) electrons. The lowest BCUT2D eigenvalue weighted by molar-refractivity contribution is 0.102. The summed E-state index contributed by atoms with van der Waals surface area (Å²) >= 11 is 10.9. The number of rotatable bonds is 4. The maximum atomic E-state index is 13.7. The molecule has 30 heavy (non-hydrogen) atoms. The summed E-state index contributed by atoms with van der Waals surface area (Å²) < 4.78 is 16.1. The van der Waals surface area contributed by atoms with Crippen LogP contribution in [0.25, 0.3) is 0 Å². The molecule has 0 aromatic heterocycles. The average molecular weight is 554 g/mol. The van der Waals surface area contributed by atoms with Crippen LogP contribution in [-0.4, -0.2) is 11.9 Å².